The van der Waals surface area contributed by atoms with Crippen molar-refractivity contribution >= 4 is 11.6 Å². The maximum atomic E-state index is 13.8. The lowest BCUT2D eigenvalue weighted by Crippen LogP contribution is -2.44. The van der Waals surface area contributed by atoms with Gasteiger partial charge in [0, 0.05) is 31.1 Å². The topological polar surface area (TPSA) is 55.4 Å². The highest BCUT2D eigenvalue weighted by Crippen LogP contribution is 2.49. The van der Waals surface area contributed by atoms with Crippen molar-refractivity contribution in [3.8, 4) is 0 Å². The molecule has 2 aromatic rings. The van der Waals surface area contributed by atoms with E-state index in [9.17, 15) is 9.59 Å². The van der Waals surface area contributed by atoms with Crippen molar-refractivity contribution in [2.45, 2.75) is 62.7 Å². The lowest BCUT2D eigenvalue weighted by Gasteiger charge is -2.33. The molecule has 1 unspecified atom stereocenters. The number of hydrogen-bond acceptors (Lipinski definition) is 4. The number of piperidine rings is 1. The van der Waals surface area contributed by atoms with Gasteiger partial charge in [0.1, 0.15) is 0 Å². The lowest BCUT2D eigenvalue weighted by atomic mass is 9.72. The van der Waals surface area contributed by atoms with E-state index in [0.29, 0.717) is 24.5 Å². The van der Waals surface area contributed by atoms with E-state index in [0.717, 1.165) is 76.0 Å². The van der Waals surface area contributed by atoms with E-state index in [1.54, 1.807) is 0 Å². The second kappa shape index (κ2) is 9.90. The molecule has 0 radical (unpaired) electrons. The minimum absolute atomic E-state index is 0.157. The summed E-state index contributed by atoms with van der Waals surface area (Å²) in [6.07, 6.45) is 7.27. The molecular weight excluding hydrogens is 410 g/mol. The molecule has 2 saturated heterocycles. The molecule has 0 amide bonds. The van der Waals surface area contributed by atoms with Crippen LogP contribution >= 0.6 is 0 Å². The van der Waals surface area contributed by atoms with Gasteiger partial charge >= 0.3 is 0 Å². The van der Waals surface area contributed by atoms with Crippen LogP contribution in [0.1, 0.15) is 77.9 Å². The summed E-state index contributed by atoms with van der Waals surface area (Å²) in [5.74, 6) is 1.10. The Kier molecular flexibility index (Phi) is 6.75. The zero-order valence-electron chi connectivity index (χ0n) is 19.5. The highest BCUT2D eigenvalue weighted by Gasteiger charge is 2.51. The number of fused-ring (bicyclic) bond motifs is 2. The molecule has 0 aromatic heterocycles. The fourth-order valence-corrected chi connectivity index (χ4v) is 6.22. The average Bonchev–Trinajstić information content (AvgIpc) is 3.08. The van der Waals surface area contributed by atoms with E-state index in [1.807, 2.05) is 24.3 Å². The van der Waals surface area contributed by atoms with Gasteiger partial charge in [-0.3, -0.25) is 9.59 Å². The van der Waals surface area contributed by atoms with Crippen molar-refractivity contribution < 1.29 is 14.3 Å². The fourth-order valence-electron chi connectivity index (χ4n) is 6.22. The first-order chi connectivity index (χ1) is 16.2. The van der Waals surface area contributed by atoms with Crippen molar-refractivity contribution in [2.75, 3.05) is 26.3 Å². The zero-order valence-corrected chi connectivity index (χ0v) is 19.5. The SMILES string of the molecule is O=C(CCCC1CCOCC1)c1ccc2c(c1)C(Cc1ccccc1)C(=O)C21CCNCC1. The summed E-state index contributed by atoms with van der Waals surface area (Å²) < 4.78 is 5.45. The Morgan fingerprint density at radius 2 is 1.79 bits per heavy atom. The van der Waals surface area contributed by atoms with Gasteiger partial charge in [0.15, 0.2) is 11.6 Å². The van der Waals surface area contributed by atoms with Crippen molar-refractivity contribution in [3.63, 3.8) is 0 Å². The summed E-state index contributed by atoms with van der Waals surface area (Å²) in [6.45, 7) is 3.46. The molecule has 5 rings (SSSR count). The third-order valence-electron chi connectivity index (χ3n) is 8.15. The van der Waals surface area contributed by atoms with Crippen LogP contribution in [-0.4, -0.2) is 37.9 Å². The summed E-state index contributed by atoms with van der Waals surface area (Å²) in [5, 5.41) is 3.42. The van der Waals surface area contributed by atoms with E-state index in [2.05, 4.69) is 29.6 Å². The normalized spacial score (nSPS) is 22.4. The van der Waals surface area contributed by atoms with Gasteiger partial charge in [0.05, 0.1) is 5.41 Å². The molecule has 1 spiro atoms. The number of ketones is 2. The van der Waals surface area contributed by atoms with Gasteiger partial charge in [-0.25, -0.2) is 0 Å². The molecule has 1 N–H and O–H groups in total. The van der Waals surface area contributed by atoms with E-state index < -0.39 is 0 Å². The fraction of sp³-hybridized carbons (Fsp3) is 0.517. The number of ether oxygens (including phenoxy) is 1. The van der Waals surface area contributed by atoms with Crippen LogP contribution in [0.2, 0.25) is 0 Å². The second-order valence-electron chi connectivity index (χ2n) is 10.1. The molecule has 2 heterocycles. The number of hydrogen-bond donors (Lipinski definition) is 1. The predicted octanol–water partition coefficient (Wildman–Crippen LogP) is 5.00. The van der Waals surface area contributed by atoms with Crippen LogP contribution in [0.3, 0.4) is 0 Å². The van der Waals surface area contributed by atoms with Gasteiger partial charge < -0.3 is 10.1 Å². The molecule has 33 heavy (non-hydrogen) atoms. The number of carbonyl (C=O) groups excluding carboxylic acids is 2. The van der Waals surface area contributed by atoms with Gasteiger partial charge in [-0.2, -0.15) is 0 Å². The molecule has 1 aliphatic carbocycles. The molecule has 2 aromatic carbocycles. The Balaban J connectivity index is 1.37. The van der Waals surface area contributed by atoms with Crippen LogP contribution in [0.25, 0.3) is 0 Å². The summed E-state index contributed by atoms with van der Waals surface area (Å²) in [7, 11) is 0. The van der Waals surface area contributed by atoms with Crippen molar-refractivity contribution in [1.29, 1.82) is 0 Å². The van der Waals surface area contributed by atoms with Crippen LogP contribution in [0.15, 0.2) is 48.5 Å². The molecular formula is C29H35NO3. The van der Waals surface area contributed by atoms with Crippen molar-refractivity contribution in [3.05, 3.63) is 70.8 Å². The molecule has 0 saturated carbocycles. The Labute approximate surface area is 197 Å². The maximum absolute atomic E-state index is 13.8. The maximum Gasteiger partial charge on any atom is 0.162 e. The molecule has 3 aliphatic rings. The summed E-state index contributed by atoms with van der Waals surface area (Å²) >= 11 is 0. The lowest BCUT2D eigenvalue weighted by molar-refractivity contribution is -0.125. The number of Topliss-reactive ketones (excluding diaryl/α,β-unsaturated/α-hetero) is 2. The smallest absolute Gasteiger partial charge is 0.162 e. The molecule has 174 valence electrons. The molecule has 2 aliphatic heterocycles. The first kappa shape index (κ1) is 22.5. The summed E-state index contributed by atoms with van der Waals surface area (Å²) in [6, 6.07) is 16.4. The third-order valence-corrected chi connectivity index (χ3v) is 8.15. The highest BCUT2D eigenvalue weighted by molar-refractivity contribution is 6.03. The Bertz CT molecular complexity index is 987. The van der Waals surface area contributed by atoms with E-state index in [4.69, 9.17) is 4.74 Å². The second-order valence-corrected chi connectivity index (χ2v) is 10.1. The third kappa shape index (κ3) is 4.56. The number of benzene rings is 2. The molecule has 2 fully saturated rings. The molecule has 4 nitrogen and oxygen atoms in total. The van der Waals surface area contributed by atoms with E-state index in [-0.39, 0.29) is 17.1 Å². The highest BCUT2D eigenvalue weighted by atomic mass is 16.5. The minimum atomic E-state index is -0.384. The van der Waals surface area contributed by atoms with Gasteiger partial charge in [-0.1, -0.05) is 42.5 Å². The molecule has 0 bridgehead atoms. The first-order valence-electron chi connectivity index (χ1n) is 12.7. The van der Waals surface area contributed by atoms with Crippen LogP contribution in [-0.2, 0) is 21.4 Å². The van der Waals surface area contributed by atoms with E-state index >= 15 is 0 Å². The number of nitrogens with one attached hydrogen (secondary N) is 1. The van der Waals surface area contributed by atoms with Crippen molar-refractivity contribution in [1.82, 2.24) is 5.32 Å². The molecule has 1 atom stereocenters. The Hall–Kier alpha value is -2.30. The number of rotatable bonds is 7. The van der Waals surface area contributed by atoms with Gasteiger partial charge in [0.25, 0.3) is 0 Å². The van der Waals surface area contributed by atoms with Gasteiger partial charge in [0.2, 0.25) is 0 Å². The van der Waals surface area contributed by atoms with Gasteiger partial charge in [-0.05, 0) is 86.7 Å². The standard InChI is InChI=1S/C29H35NO3/c31-27(8-4-7-21-11-17-33-18-12-21)23-9-10-26-24(20-23)25(19-22-5-2-1-3-6-22)28(32)29(26)13-15-30-16-14-29/h1-3,5-6,9-10,20-21,25,30H,4,7-8,11-19H2. The Morgan fingerprint density at radius 3 is 2.55 bits per heavy atom. The summed E-state index contributed by atoms with van der Waals surface area (Å²) in [4.78, 5) is 26.9. The van der Waals surface area contributed by atoms with E-state index in [1.165, 1.54) is 11.1 Å². The van der Waals surface area contributed by atoms with Crippen LogP contribution in [0.4, 0.5) is 0 Å². The average molecular weight is 446 g/mol. The summed E-state index contributed by atoms with van der Waals surface area (Å²) in [5.41, 5.74) is 3.85. The van der Waals surface area contributed by atoms with Crippen molar-refractivity contribution in [2.24, 2.45) is 5.92 Å². The van der Waals surface area contributed by atoms with Crippen LogP contribution < -0.4 is 5.32 Å². The van der Waals surface area contributed by atoms with Crippen LogP contribution in [0.5, 0.6) is 0 Å². The minimum Gasteiger partial charge on any atom is -0.381 e. The number of carbonyl (C=O) groups is 2. The van der Waals surface area contributed by atoms with Crippen LogP contribution in [0, 0.1) is 5.92 Å². The predicted molar refractivity (Wildman–Crippen MR) is 130 cm³/mol. The monoisotopic (exact) mass is 445 g/mol. The Morgan fingerprint density at radius 1 is 1.03 bits per heavy atom. The zero-order chi connectivity index (χ0) is 22.7. The quantitative estimate of drug-likeness (QED) is 0.610. The molecule has 4 heteroatoms. The van der Waals surface area contributed by atoms with Gasteiger partial charge in [-0.15, -0.1) is 0 Å². The first-order valence-corrected chi connectivity index (χ1v) is 12.7. The largest absolute Gasteiger partial charge is 0.381 e.